The molecule has 1 aliphatic rings. The van der Waals surface area contributed by atoms with Crippen LogP contribution in [-0.4, -0.2) is 11.6 Å². The van der Waals surface area contributed by atoms with Gasteiger partial charge in [0.15, 0.2) is 0 Å². The molecular weight excluding hydrogens is 304 g/mol. The van der Waals surface area contributed by atoms with E-state index in [1.54, 1.807) is 27.7 Å². The van der Waals surface area contributed by atoms with Crippen molar-refractivity contribution in [1.29, 1.82) is 5.26 Å². The number of allylic oxidation sites excluding steroid dienone is 2. The maximum absolute atomic E-state index is 12.8. The summed E-state index contributed by atoms with van der Waals surface area (Å²) in [5.41, 5.74) is 7.56. The van der Waals surface area contributed by atoms with Crippen molar-refractivity contribution in [2.45, 2.75) is 46.1 Å². The van der Waals surface area contributed by atoms with Crippen molar-refractivity contribution in [2.24, 2.45) is 5.73 Å². The number of hydrogen-bond acceptors (Lipinski definition) is 5. The molecule has 1 aromatic carbocycles. The van der Waals surface area contributed by atoms with E-state index in [1.165, 1.54) is 0 Å². The summed E-state index contributed by atoms with van der Waals surface area (Å²) in [6.45, 7) is 8.97. The predicted octanol–water partition coefficient (Wildman–Crippen LogP) is 3.42. The Morgan fingerprint density at radius 1 is 1.29 bits per heavy atom. The highest BCUT2D eigenvalue weighted by atomic mass is 16.6. The smallest absolute Gasteiger partial charge is 0.338 e. The number of esters is 1. The molecule has 0 spiro atoms. The summed E-state index contributed by atoms with van der Waals surface area (Å²) in [5.74, 6) is -0.724. The molecule has 0 fully saturated rings. The van der Waals surface area contributed by atoms with Crippen molar-refractivity contribution < 1.29 is 14.3 Å². The van der Waals surface area contributed by atoms with E-state index in [9.17, 15) is 10.1 Å². The van der Waals surface area contributed by atoms with E-state index in [2.05, 4.69) is 6.07 Å². The van der Waals surface area contributed by atoms with Crippen LogP contribution in [0.3, 0.4) is 0 Å². The zero-order chi connectivity index (χ0) is 18.1. The molecule has 0 bridgehead atoms. The normalized spacial score (nSPS) is 18.1. The fourth-order valence-electron chi connectivity index (χ4n) is 2.70. The van der Waals surface area contributed by atoms with Crippen LogP contribution in [0.4, 0.5) is 0 Å². The Kier molecular flexibility index (Phi) is 4.70. The molecule has 0 saturated heterocycles. The lowest BCUT2D eigenvalue weighted by molar-refractivity contribution is -0.150. The van der Waals surface area contributed by atoms with Crippen LogP contribution in [0, 0.1) is 18.3 Å². The number of carbonyl (C=O) groups excluding carboxylic acids is 1. The maximum atomic E-state index is 12.8. The average molecular weight is 326 g/mol. The molecule has 24 heavy (non-hydrogen) atoms. The van der Waals surface area contributed by atoms with Crippen molar-refractivity contribution in [3.05, 3.63) is 58.2 Å². The van der Waals surface area contributed by atoms with E-state index in [1.807, 2.05) is 31.2 Å². The summed E-state index contributed by atoms with van der Waals surface area (Å²) in [7, 11) is 0. The number of carbonyl (C=O) groups is 1. The fraction of sp³-hybridized carbons (Fsp3) is 0.368. The molecule has 2 N–H and O–H groups in total. The third-order valence-corrected chi connectivity index (χ3v) is 3.72. The van der Waals surface area contributed by atoms with E-state index in [0.717, 1.165) is 11.1 Å². The fourth-order valence-corrected chi connectivity index (χ4v) is 2.70. The number of hydrogen-bond donors (Lipinski definition) is 1. The van der Waals surface area contributed by atoms with Gasteiger partial charge in [-0.05, 0) is 45.7 Å². The van der Waals surface area contributed by atoms with Gasteiger partial charge in [-0.1, -0.05) is 24.3 Å². The first-order valence-electron chi connectivity index (χ1n) is 7.73. The first kappa shape index (κ1) is 17.6. The maximum Gasteiger partial charge on any atom is 0.338 e. The van der Waals surface area contributed by atoms with E-state index in [0.29, 0.717) is 11.3 Å². The van der Waals surface area contributed by atoms with Crippen LogP contribution in [0.15, 0.2) is 47.1 Å². The Labute approximate surface area is 142 Å². The molecule has 2 rings (SSSR count). The third kappa shape index (κ3) is 3.43. The molecule has 0 aliphatic carbocycles. The van der Waals surface area contributed by atoms with Gasteiger partial charge in [-0.25, -0.2) is 4.79 Å². The summed E-state index contributed by atoms with van der Waals surface area (Å²) in [4.78, 5) is 12.8. The van der Waals surface area contributed by atoms with Gasteiger partial charge in [0, 0.05) is 0 Å². The van der Waals surface area contributed by atoms with E-state index >= 15 is 0 Å². The standard InChI is InChI=1S/C19H22N2O3/c1-11-8-6-7-9-13(11)16-14(10-20)17(21)23-12(2)15(16)18(22)24-19(3,4)5/h6-9,16H,21H2,1-5H3. The molecular formula is C19H22N2O3. The first-order chi connectivity index (χ1) is 11.2. The molecule has 1 aromatic rings. The van der Waals surface area contributed by atoms with Crippen molar-refractivity contribution >= 4 is 5.97 Å². The minimum absolute atomic E-state index is 0.0237. The van der Waals surface area contributed by atoms with Crippen LogP contribution in [0.1, 0.15) is 44.7 Å². The summed E-state index contributed by atoms with van der Waals surface area (Å²) in [5, 5.41) is 9.56. The number of ether oxygens (including phenoxy) is 2. The Morgan fingerprint density at radius 3 is 2.46 bits per heavy atom. The van der Waals surface area contributed by atoms with Crippen LogP contribution in [0.25, 0.3) is 0 Å². The molecule has 5 nitrogen and oxygen atoms in total. The molecule has 1 atom stereocenters. The molecule has 5 heteroatoms. The molecule has 1 heterocycles. The molecule has 0 saturated carbocycles. The highest BCUT2D eigenvalue weighted by molar-refractivity contribution is 5.93. The second-order valence-corrected chi connectivity index (χ2v) is 6.75. The molecule has 126 valence electrons. The summed E-state index contributed by atoms with van der Waals surface area (Å²) in [6, 6.07) is 9.67. The Bertz CT molecular complexity index is 777. The number of nitrogens with two attached hydrogens (primary N) is 1. The van der Waals surface area contributed by atoms with Crippen LogP contribution in [-0.2, 0) is 14.3 Å². The minimum Gasteiger partial charge on any atom is -0.456 e. The number of benzene rings is 1. The largest absolute Gasteiger partial charge is 0.456 e. The van der Waals surface area contributed by atoms with Gasteiger partial charge in [0.25, 0.3) is 0 Å². The van der Waals surface area contributed by atoms with Crippen molar-refractivity contribution in [1.82, 2.24) is 0 Å². The van der Waals surface area contributed by atoms with E-state index < -0.39 is 17.5 Å². The van der Waals surface area contributed by atoms with Crippen LogP contribution >= 0.6 is 0 Å². The number of aryl methyl sites for hydroxylation is 1. The quantitative estimate of drug-likeness (QED) is 0.842. The molecule has 0 aromatic heterocycles. The summed E-state index contributed by atoms with van der Waals surface area (Å²) < 4.78 is 11.0. The van der Waals surface area contributed by atoms with Gasteiger partial charge in [-0.2, -0.15) is 5.26 Å². The Balaban J connectivity index is 2.62. The predicted molar refractivity (Wildman–Crippen MR) is 90.4 cm³/mol. The summed E-state index contributed by atoms with van der Waals surface area (Å²) >= 11 is 0. The molecule has 1 unspecified atom stereocenters. The second kappa shape index (κ2) is 6.40. The zero-order valence-corrected chi connectivity index (χ0v) is 14.6. The molecule has 0 amide bonds. The van der Waals surface area contributed by atoms with Gasteiger partial charge in [-0.3, -0.25) is 0 Å². The van der Waals surface area contributed by atoms with E-state index in [4.69, 9.17) is 15.2 Å². The van der Waals surface area contributed by atoms with Gasteiger partial charge in [0.1, 0.15) is 23.0 Å². The Hall–Kier alpha value is -2.74. The van der Waals surface area contributed by atoms with Gasteiger partial charge < -0.3 is 15.2 Å². The lowest BCUT2D eigenvalue weighted by Gasteiger charge is -2.30. The van der Waals surface area contributed by atoms with Gasteiger partial charge in [0.2, 0.25) is 5.88 Å². The number of nitriles is 1. The van der Waals surface area contributed by atoms with Crippen molar-refractivity contribution in [3.63, 3.8) is 0 Å². The molecule has 1 aliphatic heterocycles. The van der Waals surface area contributed by atoms with Crippen LogP contribution in [0.5, 0.6) is 0 Å². The first-order valence-corrected chi connectivity index (χ1v) is 7.73. The van der Waals surface area contributed by atoms with Crippen LogP contribution in [0.2, 0.25) is 0 Å². The lowest BCUT2D eigenvalue weighted by atomic mass is 9.81. The third-order valence-electron chi connectivity index (χ3n) is 3.72. The SMILES string of the molecule is CC1=C(C(=O)OC(C)(C)C)C(c2ccccc2C)C(C#N)=C(N)O1. The number of nitrogens with zero attached hydrogens (tertiary/aromatic N) is 1. The minimum atomic E-state index is -0.653. The van der Waals surface area contributed by atoms with E-state index in [-0.39, 0.29) is 11.5 Å². The lowest BCUT2D eigenvalue weighted by Crippen LogP contribution is -2.30. The van der Waals surface area contributed by atoms with Gasteiger partial charge >= 0.3 is 5.97 Å². The Morgan fingerprint density at radius 2 is 1.92 bits per heavy atom. The number of rotatable bonds is 2. The van der Waals surface area contributed by atoms with Gasteiger partial charge in [-0.15, -0.1) is 0 Å². The van der Waals surface area contributed by atoms with Gasteiger partial charge in [0.05, 0.1) is 11.5 Å². The zero-order valence-electron chi connectivity index (χ0n) is 14.6. The van der Waals surface area contributed by atoms with Crippen molar-refractivity contribution in [2.75, 3.05) is 0 Å². The second-order valence-electron chi connectivity index (χ2n) is 6.75. The average Bonchev–Trinajstić information content (AvgIpc) is 2.45. The van der Waals surface area contributed by atoms with Crippen LogP contribution < -0.4 is 5.73 Å². The summed E-state index contributed by atoms with van der Waals surface area (Å²) in [6.07, 6.45) is 0. The monoisotopic (exact) mass is 326 g/mol. The van der Waals surface area contributed by atoms with Crippen molar-refractivity contribution in [3.8, 4) is 6.07 Å². The highest BCUT2D eigenvalue weighted by Gasteiger charge is 2.38. The topological polar surface area (TPSA) is 85.3 Å². The molecule has 0 radical (unpaired) electrons. The highest BCUT2D eigenvalue weighted by Crippen LogP contribution is 2.41.